The van der Waals surface area contributed by atoms with Gasteiger partial charge in [-0.3, -0.25) is 14.5 Å². The Labute approximate surface area is 126 Å². The highest BCUT2D eigenvalue weighted by Crippen LogP contribution is 2.33. The maximum absolute atomic E-state index is 12.5. The van der Waals surface area contributed by atoms with Crippen molar-refractivity contribution in [2.24, 2.45) is 5.41 Å². The van der Waals surface area contributed by atoms with Crippen molar-refractivity contribution in [1.82, 2.24) is 15.1 Å². The van der Waals surface area contributed by atoms with Gasteiger partial charge in [-0.2, -0.15) is 0 Å². The number of carboxylic acids is 1. The molecule has 120 valence electrons. The highest BCUT2D eigenvalue weighted by molar-refractivity contribution is 5.81. The van der Waals surface area contributed by atoms with Crippen LogP contribution in [0.25, 0.3) is 0 Å². The van der Waals surface area contributed by atoms with Gasteiger partial charge in [0.15, 0.2) is 0 Å². The number of hydrogen-bond donors (Lipinski definition) is 2. The first-order valence-corrected chi connectivity index (χ1v) is 8.02. The van der Waals surface area contributed by atoms with Crippen LogP contribution in [0.2, 0.25) is 0 Å². The largest absolute Gasteiger partial charge is 0.481 e. The summed E-state index contributed by atoms with van der Waals surface area (Å²) in [6.45, 7) is 7.13. The van der Waals surface area contributed by atoms with Crippen molar-refractivity contribution in [1.29, 1.82) is 0 Å². The van der Waals surface area contributed by atoms with Gasteiger partial charge < -0.3 is 15.3 Å². The summed E-state index contributed by atoms with van der Waals surface area (Å²) < 4.78 is 0. The number of carboxylic acid groups (broad SMARTS) is 1. The van der Waals surface area contributed by atoms with Crippen molar-refractivity contribution < 1.29 is 14.7 Å². The van der Waals surface area contributed by atoms with Gasteiger partial charge in [0, 0.05) is 26.2 Å². The predicted molar refractivity (Wildman–Crippen MR) is 80.1 cm³/mol. The molecule has 2 aliphatic heterocycles. The molecular formula is C15H27N3O3. The number of nitrogens with one attached hydrogen (secondary N) is 1. The minimum atomic E-state index is -0.763. The number of carbonyl (C=O) groups excluding carboxylic acids is 1. The zero-order valence-electron chi connectivity index (χ0n) is 12.9. The molecule has 0 aromatic carbocycles. The number of aliphatic carboxylic acids is 1. The molecule has 2 N–H and O–H groups in total. The van der Waals surface area contributed by atoms with Gasteiger partial charge in [-0.25, -0.2) is 0 Å². The van der Waals surface area contributed by atoms with Crippen molar-refractivity contribution in [3.63, 3.8) is 0 Å². The van der Waals surface area contributed by atoms with E-state index in [0.29, 0.717) is 32.5 Å². The topological polar surface area (TPSA) is 72.9 Å². The van der Waals surface area contributed by atoms with E-state index >= 15 is 0 Å². The summed E-state index contributed by atoms with van der Waals surface area (Å²) in [5.41, 5.74) is -0.742. The molecule has 21 heavy (non-hydrogen) atoms. The summed E-state index contributed by atoms with van der Waals surface area (Å²) in [7, 11) is 0. The van der Waals surface area contributed by atoms with E-state index in [0.717, 1.165) is 39.0 Å². The quantitative estimate of drug-likeness (QED) is 0.785. The molecule has 0 aromatic rings. The van der Waals surface area contributed by atoms with Gasteiger partial charge in [0.2, 0.25) is 5.91 Å². The lowest BCUT2D eigenvalue weighted by atomic mass is 9.77. The Balaban J connectivity index is 1.93. The molecule has 2 heterocycles. The molecule has 2 rings (SSSR count). The first-order chi connectivity index (χ1) is 10.1. The molecule has 1 atom stereocenters. The number of nitrogens with zero attached hydrogens (tertiary/aromatic N) is 2. The monoisotopic (exact) mass is 297 g/mol. The van der Waals surface area contributed by atoms with Gasteiger partial charge >= 0.3 is 5.97 Å². The second kappa shape index (κ2) is 7.22. The maximum Gasteiger partial charge on any atom is 0.311 e. The summed E-state index contributed by atoms with van der Waals surface area (Å²) in [6, 6.07) is 0. The summed E-state index contributed by atoms with van der Waals surface area (Å²) in [5.74, 6) is -0.683. The highest BCUT2D eigenvalue weighted by atomic mass is 16.4. The van der Waals surface area contributed by atoms with E-state index in [4.69, 9.17) is 0 Å². The van der Waals surface area contributed by atoms with Gasteiger partial charge in [0.05, 0.1) is 12.0 Å². The maximum atomic E-state index is 12.5. The molecule has 1 amide bonds. The molecule has 2 saturated heterocycles. The molecule has 6 heteroatoms. The van der Waals surface area contributed by atoms with Crippen LogP contribution in [0.3, 0.4) is 0 Å². The van der Waals surface area contributed by atoms with E-state index in [1.807, 2.05) is 6.92 Å². The number of amides is 1. The number of carbonyl (C=O) groups is 2. The van der Waals surface area contributed by atoms with Gasteiger partial charge in [0.25, 0.3) is 0 Å². The average molecular weight is 297 g/mol. The lowest BCUT2D eigenvalue weighted by molar-refractivity contribution is -0.155. The molecular weight excluding hydrogens is 270 g/mol. The standard InChI is InChI=1S/C15H27N3O3/c1-2-15(14(20)21)5-3-9-18(12-15)13(19)11-17-8-4-6-16-7-10-17/h16H,2-12H2,1H3,(H,20,21). The van der Waals surface area contributed by atoms with Crippen LogP contribution < -0.4 is 5.32 Å². The first kappa shape index (κ1) is 16.2. The third-order valence-corrected chi connectivity index (χ3v) is 4.85. The number of rotatable bonds is 4. The molecule has 0 aliphatic carbocycles. The van der Waals surface area contributed by atoms with Crippen molar-refractivity contribution in [3.8, 4) is 0 Å². The van der Waals surface area contributed by atoms with Crippen LogP contribution in [-0.2, 0) is 9.59 Å². The predicted octanol–water partition coefficient (Wildman–Crippen LogP) is 0.385. The van der Waals surface area contributed by atoms with Crippen LogP contribution in [0.5, 0.6) is 0 Å². The van der Waals surface area contributed by atoms with Crippen molar-refractivity contribution in [3.05, 3.63) is 0 Å². The fraction of sp³-hybridized carbons (Fsp3) is 0.867. The highest BCUT2D eigenvalue weighted by Gasteiger charge is 2.42. The minimum Gasteiger partial charge on any atom is -0.481 e. The lowest BCUT2D eigenvalue weighted by Crippen LogP contribution is -2.52. The van der Waals surface area contributed by atoms with Gasteiger partial charge in [0.1, 0.15) is 0 Å². The van der Waals surface area contributed by atoms with Gasteiger partial charge in [-0.15, -0.1) is 0 Å². The van der Waals surface area contributed by atoms with E-state index in [9.17, 15) is 14.7 Å². The summed E-state index contributed by atoms with van der Waals surface area (Å²) in [4.78, 5) is 28.0. The average Bonchev–Trinajstić information content (AvgIpc) is 2.75. The molecule has 0 spiro atoms. The zero-order chi connectivity index (χ0) is 15.3. The summed E-state index contributed by atoms with van der Waals surface area (Å²) in [6.07, 6.45) is 3.10. The van der Waals surface area contributed by atoms with Gasteiger partial charge in [-0.1, -0.05) is 6.92 Å². The third kappa shape index (κ3) is 3.95. The van der Waals surface area contributed by atoms with Crippen molar-refractivity contribution in [2.75, 3.05) is 45.8 Å². The number of likely N-dealkylation sites (tertiary alicyclic amines) is 1. The summed E-state index contributed by atoms with van der Waals surface area (Å²) >= 11 is 0. The lowest BCUT2D eigenvalue weighted by Gasteiger charge is -2.40. The van der Waals surface area contributed by atoms with Crippen LogP contribution in [0, 0.1) is 5.41 Å². The van der Waals surface area contributed by atoms with E-state index in [1.165, 1.54) is 0 Å². The summed E-state index contributed by atoms with van der Waals surface area (Å²) in [5, 5.41) is 12.8. The molecule has 2 fully saturated rings. The minimum absolute atomic E-state index is 0.0793. The molecule has 0 aromatic heterocycles. The van der Waals surface area contributed by atoms with Crippen molar-refractivity contribution >= 4 is 11.9 Å². The normalized spacial score (nSPS) is 28.1. The fourth-order valence-electron chi connectivity index (χ4n) is 3.31. The molecule has 2 aliphatic rings. The second-order valence-corrected chi connectivity index (χ2v) is 6.24. The Bertz CT molecular complexity index is 380. The number of piperidine rings is 1. The van der Waals surface area contributed by atoms with E-state index in [2.05, 4.69) is 10.2 Å². The van der Waals surface area contributed by atoms with Crippen molar-refractivity contribution in [2.45, 2.75) is 32.6 Å². The van der Waals surface area contributed by atoms with Crippen LogP contribution in [-0.4, -0.2) is 72.6 Å². The smallest absolute Gasteiger partial charge is 0.311 e. The number of hydrogen-bond acceptors (Lipinski definition) is 4. The van der Waals surface area contributed by atoms with E-state index in [-0.39, 0.29) is 5.91 Å². The van der Waals surface area contributed by atoms with Crippen LogP contribution in [0.4, 0.5) is 0 Å². The molecule has 1 unspecified atom stereocenters. The molecule has 6 nitrogen and oxygen atoms in total. The SMILES string of the molecule is CCC1(C(=O)O)CCCN(C(=O)CN2CCCNCC2)C1. The molecule has 0 bridgehead atoms. The first-order valence-electron chi connectivity index (χ1n) is 8.02. The third-order valence-electron chi connectivity index (χ3n) is 4.85. The van der Waals surface area contributed by atoms with Gasteiger partial charge in [-0.05, 0) is 38.8 Å². The van der Waals surface area contributed by atoms with Crippen LogP contribution in [0.1, 0.15) is 32.6 Å². The molecule has 0 radical (unpaired) electrons. The van der Waals surface area contributed by atoms with E-state index < -0.39 is 11.4 Å². The zero-order valence-corrected chi connectivity index (χ0v) is 12.9. The Morgan fingerprint density at radius 1 is 1.19 bits per heavy atom. The van der Waals surface area contributed by atoms with Crippen LogP contribution >= 0.6 is 0 Å². The molecule has 0 saturated carbocycles. The Hall–Kier alpha value is -1.14. The Kier molecular flexibility index (Phi) is 5.58. The second-order valence-electron chi connectivity index (χ2n) is 6.24. The van der Waals surface area contributed by atoms with Crippen LogP contribution in [0.15, 0.2) is 0 Å². The van der Waals surface area contributed by atoms with E-state index in [1.54, 1.807) is 4.90 Å². The Morgan fingerprint density at radius 2 is 2.00 bits per heavy atom. The Morgan fingerprint density at radius 3 is 2.71 bits per heavy atom. The fourth-order valence-corrected chi connectivity index (χ4v) is 3.31.